The maximum atomic E-state index is 12.7. The lowest BCUT2D eigenvalue weighted by molar-refractivity contribution is 0.0996. The van der Waals surface area contributed by atoms with Gasteiger partial charge < -0.3 is 4.74 Å². The average Bonchev–Trinajstić information content (AvgIpc) is 2.95. The summed E-state index contributed by atoms with van der Waals surface area (Å²) in [7, 11) is 1.52. The standard InChI is InChI=1S/C19H23ClN2O2S/c1-6-7-8-13-12-22(19(2,3)4)25-18(13)21-17(23)15-11-14(20)9-10-16(15)24-5/h6-7,9-12H,8H2,1-5H3. The Morgan fingerprint density at radius 3 is 2.72 bits per heavy atom. The number of allylic oxidation sites excluding steroid dienone is 2. The van der Waals surface area contributed by atoms with Gasteiger partial charge >= 0.3 is 0 Å². The predicted octanol–water partition coefficient (Wildman–Crippen LogP) is 4.83. The van der Waals surface area contributed by atoms with Crippen LogP contribution in [0.25, 0.3) is 0 Å². The maximum absolute atomic E-state index is 12.7. The lowest BCUT2D eigenvalue weighted by Gasteiger charge is -2.19. The minimum atomic E-state index is -0.357. The van der Waals surface area contributed by atoms with Gasteiger partial charge in [-0.1, -0.05) is 23.8 Å². The number of carbonyl (C=O) groups excluding carboxylic acids is 1. The predicted molar refractivity (Wildman–Crippen MR) is 104 cm³/mol. The Balaban J connectivity index is 2.54. The van der Waals surface area contributed by atoms with Crippen LogP contribution < -0.4 is 9.41 Å². The van der Waals surface area contributed by atoms with Crippen molar-refractivity contribution in [2.75, 3.05) is 7.11 Å². The fourth-order valence-electron chi connectivity index (χ4n) is 2.18. The van der Waals surface area contributed by atoms with Crippen LogP contribution in [0.2, 0.25) is 5.02 Å². The number of nitrogens with zero attached hydrogens (tertiary/aromatic N) is 2. The monoisotopic (exact) mass is 378 g/mol. The van der Waals surface area contributed by atoms with Gasteiger partial charge in [0.15, 0.2) is 0 Å². The van der Waals surface area contributed by atoms with Gasteiger partial charge in [0.05, 0.1) is 12.7 Å². The zero-order valence-corrected chi connectivity index (χ0v) is 16.7. The van der Waals surface area contributed by atoms with Crippen LogP contribution in [-0.2, 0) is 12.0 Å². The highest BCUT2D eigenvalue weighted by Crippen LogP contribution is 2.23. The first-order chi connectivity index (χ1) is 11.8. The van der Waals surface area contributed by atoms with Crippen LogP contribution in [0.5, 0.6) is 5.75 Å². The topological polar surface area (TPSA) is 43.6 Å². The second-order valence-electron chi connectivity index (χ2n) is 6.58. The van der Waals surface area contributed by atoms with Crippen molar-refractivity contribution >= 4 is 29.0 Å². The van der Waals surface area contributed by atoms with E-state index in [-0.39, 0.29) is 11.4 Å². The molecule has 134 valence electrons. The normalized spacial score (nSPS) is 12.8. The van der Waals surface area contributed by atoms with Gasteiger partial charge in [-0.3, -0.25) is 8.75 Å². The fraction of sp³-hybridized carbons (Fsp3) is 0.368. The Hall–Kier alpha value is -1.85. The third kappa shape index (κ3) is 4.83. The van der Waals surface area contributed by atoms with Crippen LogP contribution in [0.4, 0.5) is 0 Å². The Kier molecular flexibility index (Phi) is 6.25. The van der Waals surface area contributed by atoms with Crippen molar-refractivity contribution in [3.8, 4) is 5.75 Å². The molecule has 0 aliphatic heterocycles. The second kappa shape index (κ2) is 8.02. The van der Waals surface area contributed by atoms with Crippen LogP contribution in [-0.4, -0.2) is 17.0 Å². The number of aromatic nitrogens is 1. The third-order valence-electron chi connectivity index (χ3n) is 3.56. The number of carbonyl (C=O) groups is 1. The molecule has 0 saturated heterocycles. The molecule has 0 radical (unpaired) electrons. The van der Waals surface area contributed by atoms with Gasteiger partial charge in [-0.05, 0) is 63.8 Å². The van der Waals surface area contributed by atoms with E-state index in [9.17, 15) is 4.79 Å². The summed E-state index contributed by atoms with van der Waals surface area (Å²) < 4.78 is 8.09. The summed E-state index contributed by atoms with van der Waals surface area (Å²) in [5, 5.41) is 0.476. The van der Waals surface area contributed by atoms with Gasteiger partial charge in [0, 0.05) is 22.3 Å². The first kappa shape index (κ1) is 19.5. The number of hydrogen-bond donors (Lipinski definition) is 0. The number of amides is 1. The lowest BCUT2D eigenvalue weighted by Crippen LogP contribution is -2.18. The molecule has 0 atom stereocenters. The van der Waals surface area contributed by atoms with Crippen molar-refractivity contribution in [1.82, 2.24) is 3.96 Å². The number of halogens is 1. The number of methoxy groups -OCH3 is 1. The molecule has 0 aliphatic rings. The van der Waals surface area contributed by atoms with E-state index >= 15 is 0 Å². The van der Waals surface area contributed by atoms with Crippen molar-refractivity contribution in [1.29, 1.82) is 0 Å². The fourth-order valence-corrected chi connectivity index (χ4v) is 3.37. The van der Waals surface area contributed by atoms with E-state index in [1.54, 1.807) is 18.2 Å². The van der Waals surface area contributed by atoms with Crippen LogP contribution in [0.1, 0.15) is 43.6 Å². The molecule has 0 bridgehead atoms. The molecule has 0 spiro atoms. The molecule has 2 aromatic rings. The van der Waals surface area contributed by atoms with Crippen molar-refractivity contribution < 1.29 is 9.53 Å². The maximum Gasteiger partial charge on any atom is 0.282 e. The Morgan fingerprint density at radius 1 is 1.40 bits per heavy atom. The summed E-state index contributed by atoms with van der Waals surface area (Å²) in [6.07, 6.45) is 6.84. The molecule has 0 fully saturated rings. The Bertz CT molecular complexity index is 857. The molecule has 1 heterocycles. The molecule has 0 unspecified atom stereocenters. The number of benzene rings is 1. The van der Waals surface area contributed by atoms with Crippen molar-refractivity contribution in [3.05, 3.63) is 57.4 Å². The van der Waals surface area contributed by atoms with Crippen molar-refractivity contribution in [3.63, 3.8) is 0 Å². The summed E-state index contributed by atoms with van der Waals surface area (Å²) in [4.78, 5) is 17.1. The molecule has 2 rings (SSSR count). The quantitative estimate of drug-likeness (QED) is 0.715. The molecule has 0 aliphatic carbocycles. The zero-order valence-electron chi connectivity index (χ0n) is 15.2. The Morgan fingerprint density at radius 2 is 2.12 bits per heavy atom. The van der Waals surface area contributed by atoms with E-state index in [2.05, 4.69) is 42.0 Å². The van der Waals surface area contributed by atoms with Crippen LogP contribution in [0.15, 0.2) is 41.5 Å². The summed E-state index contributed by atoms with van der Waals surface area (Å²) in [5.41, 5.74) is 1.31. The minimum absolute atomic E-state index is 0.0695. The number of rotatable bonds is 4. The van der Waals surface area contributed by atoms with Gasteiger partial charge in [0.2, 0.25) is 0 Å². The lowest BCUT2D eigenvalue weighted by atomic mass is 10.1. The van der Waals surface area contributed by atoms with Gasteiger partial charge in [-0.25, -0.2) is 0 Å². The van der Waals surface area contributed by atoms with Gasteiger partial charge in [0.25, 0.3) is 5.91 Å². The third-order valence-corrected chi connectivity index (χ3v) is 5.17. The summed E-state index contributed by atoms with van der Waals surface area (Å²) in [6, 6.07) is 4.95. The van der Waals surface area contributed by atoms with E-state index < -0.39 is 0 Å². The first-order valence-corrected chi connectivity index (χ1v) is 9.17. The Labute approximate surface area is 157 Å². The van der Waals surface area contributed by atoms with E-state index in [0.29, 0.717) is 21.0 Å². The molecular formula is C19H23ClN2O2S. The molecule has 4 nitrogen and oxygen atoms in total. The molecule has 1 amide bonds. The highest BCUT2D eigenvalue weighted by atomic mass is 35.5. The molecular weight excluding hydrogens is 356 g/mol. The van der Waals surface area contributed by atoms with E-state index in [1.165, 1.54) is 18.6 Å². The van der Waals surface area contributed by atoms with Gasteiger partial charge in [0.1, 0.15) is 10.4 Å². The van der Waals surface area contributed by atoms with E-state index in [1.807, 2.05) is 13.0 Å². The van der Waals surface area contributed by atoms with E-state index in [4.69, 9.17) is 16.3 Å². The SMILES string of the molecule is CC=CCc1cn(C(C)(C)C)sc1=NC(=O)c1cc(Cl)ccc1OC. The van der Waals surface area contributed by atoms with Crippen LogP contribution in [0, 0.1) is 0 Å². The average molecular weight is 379 g/mol. The summed E-state index contributed by atoms with van der Waals surface area (Å²) in [5.74, 6) is 0.109. The van der Waals surface area contributed by atoms with Crippen molar-refractivity contribution in [2.45, 2.75) is 39.7 Å². The molecule has 1 aromatic carbocycles. The van der Waals surface area contributed by atoms with Crippen molar-refractivity contribution in [2.24, 2.45) is 4.99 Å². The largest absolute Gasteiger partial charge is 0.496 e. The highest BCUT2D eigenvalue weighted by molar-refractivity contribution is 7.04. The molecule has 6 heteroatoms. The van der Waals surface area contributed by atoms with Gasteiger partial charge in [-0.2, -0.15) is 4.99 Å². The molecule has 0 N–H and O–H groups in total. The van der Waals surface area contributed by atoms with Crippen LogP contribution in [0.3, 0.4) is 0 Å². The molecule has 1 aromatic heterocycles. The van der Waals surface area contributed by atoms with E-state index in [0.717, 1.165) is 12.0 Å². The summed E-state index contributed by atoms with van der Waals surface area (Å²) in [6.45, 7) is 8.33. The molecule has 0 saturated carbocycles. The smallest absolute Gasteiger partial charge is 0.282 e. The molecule has 25 heavy (non-hydrogen) atoms. The van der Waals surface area contributed by atoms with Gasteiger partial charge in [-0.15, -0.1) is 0 Å². The number of ether oxygens (including phenoxy) is 1. The highest BCUT2D eigenvalue weighted by Gasteiger charge is 2.17. The first-order valence-electron chi connectivity index (χ1n) is 8.02. The zero-order chi connectivity index (χ0) is 18.6. The minimum Gasteiger partial charge on any atom is -0.496 e. The second-order valence-corrected chi connectivity index (χ2v) is 7.98. The number of hydrogen-bond acceptors (Lipinski definition) is 3. The van der Waals surface area contributed by atoms with Crippen LogP contribution >= 0.6 is 23.1 Å². The summed E-state index contributed by atoms with van der Waals surface area (Å²) >= 11 is 7.50.